The van der Waals surface area contributed by atoms with Gasteiger partial charge in [0.15, 0.2) is 6.29 Å². The van der Waals surface area contributed by atoms with Crippen molar-refractivity contribution in [1.82, 2.24) is 0 Å². The SMILES string of the molecule is CC(O)CO.CCCC(O)O.OCCO.OCCOCCO.OCCOCCOCCO. The van der Waals surface area contributed by atoms with Crippen LogP contribution in [0.15, 0.2) is 0 Å². The minimum Gasteiger partial charge on any atom is -0.394 e. The van der Waals surface area contributed by atoms with Crippen LogP contribution in [-0.2, 0) is 14.2 Å². The lowest BCUT2D eigenvalue weighted by molar-refractivity contribution is -0.0453. The molecule has 1 atom stereocenters. The predicted octanol–water partition coefficient (Wildman–Crippen LogP) is -3.58. The molecule has 32 heavy (non-hydrogen) atoms. The van der Waals surface area contributed by atoms with Gasteiger partial charge in [-0.15, -0.1) is 0 Å². The van der Waals surface area contributed by atoms with Crippen LogP contribution in [-0.4, -0.2) is 149 Å². The quantitative estimate of drug-likeness (QED) is 0.0801. The molecule has 0 radical (unpaired) electrons. The second-order valence-electron chi connectivity index (χ2n) is 5.48. The summed E-state index contributed by atoms with van der Waals surface area (Å²) in [5.41, 5.74) is 0. The molecule has 0 aromatic heterocycles. The van der Waals surface area contributed by atoms with E-state index in [2.05, 4.69) is 4.74 Å². The molecule has 13 heteroatoms. The standard InChI is InChI=1S/C6H14O4.C4H10O3.C4H10O2.C3H8O2.C2H6O2/c7-1-3-9-5-6-10-4-2-8;5-1-3-7-4-2-6;1-2-3-4(5)6;1-3(5)2-4;3-1-2-4/h7-8H,1-6H2;5-6H,1-4H2;4-6H,2-3H2,1H3;3-5H,2H2,1H3;3-4H,1-2H2. The van der Waals surface area contributed by atoms with Gasteiger partial charge in [-0.05, 0) is 13.3 Å². The third-order valence-electron chi connectivity index (χ3n) is 2.23. The Kier molecular flexibility index (Phi) is 62.6. The average Bonchev–Trinajstić information content (AvgIpc) is 2.78. The molecule has 0 rings (SSSR count). The molecule has 0 aliphatic heterocycles. The van der Waals surface area contributed by atoms with E-state index in [1.54, 1.807) is 0 Å². The van der Waals surface area contributed by atoms with E-state index in [0.29, 0.717) is 46.1 Å². The molecule has 0 spiro atoms. The van der Waals surface area contributed by atoms with Crippen molar-refractivity contribution < 1.29 is 65.3 Å². The Labute approximate surface area is 191 Å². The summed E-state index contributed by atoms with van der Waals surface area (Å²) in [6.45, 7) is 5.46. The van der Waals surface area contributed by atoms with E-state index < -0.39 is 12.4 Å². The van der Waals surface area contributed by atoms with E-state index >= 15 is 0 Å². The topological polar surface area (TPSA) is 230 Å². The van der Waals surface area contributed by atoms with Crippen molar-refractivity contribution in [2.24, 2.45) is 0 Å². The highest BCUT2D eigenvalue weighted by Gasteiger charge is 1.89. The summed E-state index contributed by atoms with van der Waals surface area (Å²) in [6, 6.07) is 0. The lowest BCUT2D eigenvalue weighted by Crippen LogP contribution is -2.09. The van der Waals surface area contributed by atoms with Crippen molar-refractivity contribution in [3.05, 3.63) is 0 Å². The molecular formula is C19H48O13. The maximum atomic E-state index is 8.26. The Hall–Kier alpha value is -0.520. The van der Waals surface area contributed by atoms with Crippen LogP contribution in [0.2, 0.25) is 0 Å². The summed E-state index contributed by atoms with van der Waals surface area (Å²) in [5.74, 6) is 0. The van der Waals surface area contributed by atoms with E-state index in [1.165, 1.54) is 6.92 Å². The van der Waals surface area contributed by atoms with Crippen molar-refractivity contribution in [2.45, 2.75) is 39.1 Å². The van der Waals surface area contributed by atoms with Gasteiger partial charge in [0.25, 0.3) is 0 Å². The van der Waals surface area contributed by atoms with Crippen molar-refractivity contribution in [3.8, 4) is 0 Å². The number of rotatable bonds is 15. The lowest BCUT2D eigenvalue weighted by atomic mass is 10.3. The molecule has 10 N–H and O–H groups in total. The molecule has 0 saturated heterocycles. The molecule has 0 aromatic carbocycles. The van der Waals surface area contributed by atoms with E-state index in [4.69, 9.17) is 60.5 Å². The molecule has 0 saturated carbocycles. The Bertz CT molecular complexity index is 233. The maximum Gasteiger partial charge on any atom is 0.151 e. The Morgan fingerprint density at radius 3 is 0.938 bits per heavy atom. The summed E-state index contributed by atoms with van der Waals surface area (Å²) in [7, 11) is 0. The van der Waals surface area contributed by atoms with Gasteiger partial charge >= 0.3 is 0 Å². The molecule has 0 aliphatic rings. The zero-order valence-corrected chi connectivity index (χ0v) is 19.5. The average molecular weight is 485 g/mol. The highest BCUT2D eigenvalue weighted by Crippen LogP contribution is 1.88. The minimum atomic E-state index is -1.10. The second kappa shape index (κ2) is 48.0. The smallest absolute Gasteiger partial charge is 0.151 e. The van der Waals surface area contributed by atoms with E-state index in [1.807, 2.05) is 6.92 Å². The van der Waals surface area contributed by atoms with Crippen molar-refractivity contribution in [1.29, 1.82) is 0 Å². The largest absolute Gasteiger partial charge is 0.394 e. The fraction of sp³-hybridized carbons (Fsp3) is 1.00. The van der Waals surface area contributed by atoms with Crippen molar-refractivity contribution in [3.63, 3.8) is 0 Å². The van der Waals surface area contributed by atoms with E-state index in [-0.39, 0.29) is 46.2 Å². The minimum absolute atomic E-state index is 0.0278. The summed E-state index contributed by atoms with van der Waals surface area (Å²) in [6.07, 6.45) is -0.345. The van der Waals surface area contributed by atoms with Gasteiger partial charge in [-0.25, -0.2) is 0 Å². The van der Waals surface area contributed by atoms with Gasteiger partial charge in [0, 0.05) is 0 Å². The molecule has 0 aliphatic carbocycles. The zero-order valence-electron chi connectivity index (χ0n) is 19.5. The highest BCUT2D eigenvalue weighted by molar-refractivity contribution is 4.34. The summed E-state index contributed by atoms with van der Waals surface area (Å²) in [5, 5.41) is 80.2. The first kappa shape index (κ1) is 41.7. The van der Waals surface area contributed by atoms with Crippen LogP contribution < -0.4 is 0 Å². The Morgan fingerprint density at radius 2 is 0.812 bits per heavy atom. The van der Waals surface area contributed by atoms with Crippen LogP contribution in [0.4, 0.5) is 0 Å². The van der Waals surface area contributed by atoms with Crippen LogP contribution in [0, 0.1) is 0 Å². The van der Waals surface area contributed by atoms with Gasteiger partial charge in [-0.1, -0.05) is 13.3 Å². The van der Waals surface area contributed by atoms with Gasteiger partial charge in [-0.3, -0.25) is 0 Å². The van der Waals surface area contributed by atoms with Gasteiger partial charge < -0.3 is 65.3 Å². The summed E-state index contributed by atoms with van der Waals surface area (Å²) >= 11 is 0. The molecule has 0 fully saturated rings. The van der Waals surface area contributed by atoms with Gasteiger partial charge in [-0.2, -0.15) is 0 Å². The van der Waals surface area contributed by atoms with Crippen LogP contribution >= 0.6 is 0 Å². The first-order valence-electron chi connectivity index (χ1n) is 10.3. The van der Waals surface area contributed by atoms with Crippen LogP contribution in [0.25, 0.3) is 0 Å². The van der Waals surface area contributed by atoms with Crippen LogP contribution in [0.3, 0.4) is 0 Å². The van der Waals surface area contributed by atoms with Crippen LogP contribution in [0.1, 0.15) is 26.7 Å². The van der Waals surface area contributed by atoms with Crippen LogP contribution in [0.5, 0.6) is 0 Å². The third-order valence-corrected chi connectivity index (χ3v) is 2.23. The fourth-order valence-corrected chi connectivity index (χ4v) is 0.940. The summed E-state index contributed by atoms with van der Waals surface area (Å²) < 4.78 is 14.4. The van der Waals surface area contributed by atoms with Gasteiger partial charge in [0.1, 0.15) is 0 Å². The van der Waals surface area contributed by atoms with E-state index in [9.17, 15) is 0 Å². The number of aliphatic hydroxyl groups is 10. The molecule has 0 aromatic rings. The number of hydrogen-bond acceptors (Lipinski definition) is 13. The first-order chi connectivity index (χ1) is 15.3. The molecule has 0 heterocycles. The van der Waals surface area contributed by atoms with Crippen molar-refractivity contribution in [2.75, 3.05) is 85.9 Å². The van der Waals surface area contributed by atoms with Crippen molar-refractivity contribution >= 4 is 0 Å². The number of hydrogen-bond donors (Lipinski definition) is 10. The fourth-order valence-electron chi connectivity index (χ4n) is 0.940. The number of ether oxygens (including phenoxy) is 3. The van der Waals surface area contributed by atoms with Gasteiger partial charge in [0.2, 0.25) is 0 Å². The lowest BCUT2D eigenvalue weighted by Gasteiger charge is -2.01. The van der Waals surface area contributed by atoms with Gasteiger partial charge in [0.05, 0.1) is 92.0 Å². The zero-order chi connectivity index (χ0) is 25.9. The van der Waals surface area contributed by atoms with E-state index in [0.717, 1.165) is 6.42 Å². The predicted molar refractivity (Wildman–Crippen MR) is 117 cm³/mol. The Morgan fingerprint density at radius 1 is 0.531 bits per heavy atom. The maximum absolute atomic E-state index is 8.26. The number of aliphatic hydroxyl groups excluding tert-OH is 9. The molecule has 0 bridgehead atoms. The molecular weight excluding hydrogens is 436 g/mol. The second-order valence-corrected chi connectivity index (χ2v) is 5.48. The molecule has 13 nitrogen and oxygen atoms in total. The summed E-state index contributed by atoms with van der Waals surface area (Å²) in [4.78, 5) is 0. The monoisotopic (exact) mass is 484 g/mol. The third kappa shape index (κ3) is 88.0. The molecule has 0 amide bonds. The first-order valence-corrected chi connectivity index (χ1v) is 10.3. The normalized spacial score (nSPS) is 10.4. The Balaban J connectivity index is -0.0000000987. The molecule has 202 valence electrons. The highest BCUT2D eigenvalue weighted by atomic mass is 16.5. The molecule has 1 unspecified atom stereocenters.